The molecular formula is C14H22N2O2. The average molecular weight is 250 g/mol. The molecule has 1 fully saturated rings. The van der Waals surface area contributed by atoms with Crippen molar-refractivity contribution in [3.8, 4) is 0 Å². The first-order valence-corrected chi connectivity index (χ1v) is 6.85. The number of aromatic nitrogens is 1. The van der Waals surface area contributed by atoms with Crippen LogP contribution in [0.15, 0.2) is 18.3 Å². The highest BCUT2D eigenvalue weighted by atomic mass is 16.3. The first-order valence-electron chi connectivity index (χ1n) is 6.85. The van der Waals surface area contributed by atoms with E-state index in [1.165, 1.54) is 6.42 Å². The number of aryl methyl sites for hydroxylation is 1. The van der Waals surface area contributed by atoms with Gasteiger partial charge in [0.2, 0.25) is 0 Å². The van der Waals surface area contributed by atoms with Gasteiger partial charge in [0.1, 0.15) is 5.69 Å². The molecule has 4 heteroatoms. The molecule has 0 radical (unpaired) electrons. The lowest BCUT2D eigenvalue weighted by atomic mass is 9.91. The molecule has 0 saturated heterocycles. The van der Waals surface area contributed by atoms with Gasteiger partial charge in [-0.2, -0.15) is 0 Å². The van der Waals surface area contributed by atoms with Crippen molar-refractivity contribution < 1.29 is 9.90 Å². The van der Waals surface area contributed by atoms with Crippen molar-refractivity contribution in [1.82, 2.24) is 9.47 Å². The van der Waals surface area contributed by atoms with E-state index in [9.17, 15) is 4.79 Å². The third-order valence-corrected chi connectivity index (χ3v) is 3.63. The van der Waals surface area contributed by atoms with Crippen LogP contribution in [0.5, 0.6) is 0 Å². The van der Waals surface area contributed by atoms with Crippen LogP contribution in [0.2, 0.25) is 0 Å². The average Bonchev–Trinajstić information content (AvgIpc) is 2.74. The van der Waals surface area contributed by atoms with Crippen LogP contribution in [0.25, 0.3) is 0 Å². The van der Waals surface area contributed by atoms with Crippen LogP contribution in [0.1, 0.15) is 43.1 Å². The molecule has 2 rings (SSSR count). The second kappa shape index (κ2) is 6.05. The standard InChI is InChI=1S/C14H22N2O2/c1-2-8-15-9-4-7-13(15)14(18)16(10-11-17)12-5-3-6-12/h4,7,9,12,17H,2-3,5-6,8,10-11H2,1H3. The highest BCUT2D eigenvalue weighted by Gasteiger charge is 2.29. The third-order valence-electron chi connectivity index (χ3n) is 3.63. The van der Waals surface area contributed by atoms with Gasteiger partial charge in [0.15, 0.2) is 0 Å². The number of hydrogen-bond donors (Lipinski definition) is 1. The fourth-order valence-corrected chi connectivity index (χ4v) is 2.45. The van der Waals surface area contributed by atoms with Crippen LogP contribution in [-0.2, 0) is 6.54 Å². The number of carbonyl (C=O) groups excluding carboxylic acids is 1. The van der Waals surface area contributed by atoms with E-state index in [4.69, 9.17) is 5.11 Å². The third kappa shape index (κ3) is 2.58. The van der Waals surface area contributed by atoms with Crippen LogP contribution in [0.4, 0.5) is 0 Å². The Bertz CT molecular complexity index is 396. The molecule has 0 unspecified atom stereocenters. The quantitative estimate of drug-likeness (QED) is 0.838. The number of nitrogens with zero attached hydrogens (tertiary/aromatic N) is 2. The van der Waals surface area contributed by atoms with Crippen molar-refractivity contribution in [3.05, 3.63) is 24.0 Å². The van der Waals surface area contributed by atoms with E-state index in [1.54, 1.807) is 0 Å². The maximum Gasteiger partial charge on any atom is 0.270 e. The fourth-order valence-electron chi connectivity index (χ4n) is 2.45. The Kier molecular flexibility index (Phi) is 4.42. The van der Waals surface area contributed by atoms with Crippen LogP contribution in [0, 0.1) is 0 Å². The Balaban J connectivity index is 2.13. The minimum atomic E-state index is 0.0384. The van der Waals surface area contributed by atoms with Crippen LogP contribution in [-0.4, -0.2) is 39.7 Å². The second-order valence-electron chi connectivity index (χ2n) is 4.89. The van der Waals surface area contributed by atoms with E-state index in [0.717, 1.165) is 31.5 Å². The minimum Gasteiger partial charge on any atom is -0.395 e. The van der Waals surface area contributed by atoms with Gasteiger partial charge in [-0.3, -0.25) is 4.79 Å². The number of rotatable bonds is 6. The smallest absolute Gasteiger partial charge is 0.270 e. The molecule has 1 aliphatic carbocycles. The molecule has 1 N–H and O–H groups in total. The Morgan fingerprint density at radius 1 is 1.56 bits per heavy atom. The lowest BCUT2D eigenvalue weighted by Crippen LogP contribution is -2.46. The molecule has 0 aromatic carbocycles. The lowest BCUT2D eigenvalue weighted by Gasteiger charge is -2.37. The fraction of sp³-hybridized carbons (Fsp3) is 0.643. The Morgan fingerprint density at radius 3 is 2.89 bits per heavy atom. The van der Waals surface area contributed by atoms with Gasteiger partial charge >= 0.3 is 0 Å². The predicted octanol–water partition coefficient (Wildman–Crippen LogP) is 1.89. The van der Waals surface area contributed by atoms with E-state index in [0.29, 0.717) is 12.6 Å². The SMILES string of the molecule is CCCn1cccc1C(=O)N(CCO)C1CCC1. The van der Waals surface area contributed by atoms with Gasteiger partial charge in [-0.1, -0.05) is 6.92 Å². The molecule has 4 nitrogen and oxygen atoms in total. The minimum absolute atomic E-state index is 0.0384. The Hall–Kier alpha value is -1.29. The zero-order valence-corrected chi connectivity index (χ0v) is 11.0. The van der Waals surface area contributed by atoms with Crippen molar-refractivity contribution in [1.29, 1.82) is 0 Å². The largest absolute Gasteiger partial charge is 0.395 e. The van der Waals surface area contributed by atoms with Crippen molar-refractivity contribution >= 4 is 5.91 Å². The van der Waals surface area contributed by atoms with Crippen LogP contribution in [0.3, 0.4) is 0 Å². The van der Waals surface area contributed by atoms with Crippen LogP contribution >= 0.6 is 0 Å². The van der Waals surface area contributed by atoms with Gasteiger partial charge < -0.3 is 14.6 Å². The number of amides is 1. The monoisotopic (exact) mass is 250 g/mol. The highest BCUT2D eigenvalue weighted by molar-refractivity contribution is 5.93. The van der Waals surface area contributed by atoms with Crippen molar-refractivity contribution in [3.63, 3.8) is 0 Å². The van der Waals surface area contributed by atoms with E-state index < -0.39 is 0 Å². The zero-order chi connectivity index (χ0) is 13.0. The van der Waals surface area contributed by atoms with E-state index in [1.807, 2.05) is 27.8 Å². The number of hydrogen-bond acceptors (Lipinski definition) is 2. The van der Waals surface area contributed by atoms with Crippen molar-refractivity contribution in [2.24, 2.45) is 0 Å². The summed E-state index contributed by atoms with van der Waals surface area (Å²) >= 11 is 0. The summed E-state index contributed by atoms with van der Waals surface area (Å²) in [7, 11) is 0. The van der Waals surface area contributed by atoms with E-state index in [2.05, 4.69) is 6.92 Å². The first-order chi connectivity index (χ1) is 8.77. The number of carbonyl (C=O) groups is 1. The first kappa shape index (κ1) is 13.1. The molecule has 1 heterocycles. The molecule has 0 atom stereocenters. The van der Waals surface area contributed by atoms with Gasteiger partial charge in [0.05, 0.1) is 6.61 Å². The lowest BCUT2D eigenvalue weighted by molar-refractivity contribution is 0.0515. The summed E-state index contributed by atoms with van der Waals surface area (Å²) in [5.41, 5.74) is 0.747. The maximum absolute atomic E-state index is 12.5. The molecule has 0 aliphatic heterocycles. The van der Waals surface area contributed by atoms with Crippen molar-refractivity contribution in [2.45, 2.75) is 45.2 Å². The van der Waals surface area contributed by atoms with Gasteiger partial charge in [-0.05, 0) is 37.8 Å². The molecule has 1 amide bonds. The van der Waals surface area contributed by atoms with E-state index in [-0.39, 0.29) is 12.5 Å². The summed E-state index contributed by atoms with van der Waals surface area (Å²) in [5.74, 6) is 0.0622. The summed E-state index contributed by atoms with van der Waals surface area (Å²) in [6.45, 7) is 3.45. The number of aliphatic hydroxyl groups is 1. The van der Waals surface area contributed by atoms with Gasteiger partial charge in [-0.25, -0.2) is 0 Å². The van der Waals surface area contributed by atoms with Crippen LogP contribution < -0.4 is 0 Å². The molecular weight excluding hydrogens is 228 g/mol. The molecule has 0 spiro atoms. The Morgan fingerprint density at radius 2 is 2.33 bits per heavy atom. The van der Waals surface area contributed by atoms with Gasteiger partial charge in [0.25, 0.3) is 5.91 Å². The summed E-state index contributed by atoms with van der Waals surface area (Å²) in [6.07, 6.45) is 6.29. The normalized spacial score (nSPS) is 15.4. The van der Waals surface area contributed by atoms with Gasteiger partial charge in [-0.15, -0.1) is 0 Å². The molecule has 18 heavy (non-hydrogen) atoms. The van der Waals surface area contributed by atoms with E-state index >= 15 is 0 Å². The highest BCUT2D eigenvalue weighted by Crippen LogP contribution is 2.26. The number of aliphatic hydroxyl groups excluding tert-OH is 1. The summed E-state index contributed by atoms with van der Waals surface area (Å²) in [4.78, 5) is 14.4. The second-order valence-corrected chi connectivity index (χ2v) is 4.89. The molecule has 1 aromatic heterocycles. The molecule has 100 valence electrons. The predicted molar refractivity (Wildman–Crippen MR) is 70.5 cm³/mol. The molecule has 1 saturated carbocycles. The summed E-state index contributed by atoms with van der Waals surface area (Å²) in [5, 5.41) is 9.12. The Labute approximate surface area is 108 Å². The molecule has 0 bridgehead atoms. The van der Waals surface area contributed by atoms with Crippen molar-refractivity contribution in [2.75, 3.05) is 13.2 Å². The summed E-state index contributed by atoms with van der Waals surface area (Å²) < 4.78 is 2.01. The zero-order valence-electron chi connectivity index (χ0n) is 11.0. The topological polar surface area (TPSA) is 45.5 Å². The molecule has 1 aliphatic rings. The molecule has 1 aromatic rings. The van der Waals surface area contributed by atoms with Gasteiger partial charge in [0, 0.05) is 25.3 Å². The maximum atomic E-state index is 12.5. The summed E-state index contributed by atoms with van der Waals surface area (Å²) in [6, 6.07) is 4.12.